The van der Waals surface area contributed by atoms with Crippen LogP contribution in [0.4, 0.5) is 0 Å². The van der Waals surface area contributed by atoms with Crippen LogP contribution in [0.2, 0.25) is 13.1 Å². The predicted molar refractivity (Wildman–Crippen MR) is 81.5 cm³/mol. The fourth-order valence-electron chi connectivity index (χ4n) is 2.18. The Labute approximate surface area is 158 Å². The zero-order valence-corrected chi connectivity index (χ0v) is 18.3. The number of hydrogen-bond acceptors (Lipinski definition) is 0. The molecule has 1 aliphatic rings. The summed E-state index contributed by atoms with van der Waals surface area (Å²) in [5, 5.41) is 6.57. The van der Waals surface area contributed by atoms with Gasteiger partial charge in [-0.3, -0.25) is 0 Å². The molecule has 1 atom stereocenters. The van der Waals surface area contributed by atoms with Gasteiger partial charge in [-0.15, -0.1) is 11.2 Å². The molecular formula is C15H26Cl2NSiZr. The summed E-state index contributed by atoms with van der Waals surface area (Å²) in [6.45, 7) is 14.0. The molecule has 113 valence electrons. The Balaban J connectivity index is -0.000000963. The van der Waals surface area contributed by atoms with Gasteiger partial charge in [0.05, 0.1) is 0 Å². The Bertz CT molecular complexity index is 343. The summed E-state index contributed by atoms with van der Waals surface area (Å²) < 4.78 is 0. The van der Waals surface area contributed by atoms with Crippen LogP contribution in [0.1, 0.15) is 34.1 Å². The first-order valence-electron chi connectivity index (χ1n) is 6.51. The molecule has 20 heavy (non-hydrogen) atoms. The van der Waals surface area contributed by atoms with Gasteiger partial charge in [-0.2, -0.15) is 0 Å². The van der Waals surface area contributed by atoms with Crippen LogP contribution in [0, 0.1) is 5.41 Å². The van der Waals surface area contributed by atoms with Crippen LogP contribution in [0.5, 0.6) is 0 Å². The van der Waals surface area contributed by atoms with Gasteiger partial charge in [-0.05, 0) is 11.8 Å². The third-order valence-corrected chi connectivity index (χ3v) is 4.87. The van der Waals surface area contributed by atoms with Crippen LogP contribution in [0.3, 0.4) is 0 Å². The fraction of sp³-hybridized carbons (Fsp3) is 0.667. The summed E-state index contributed by atoms with van der Waals surface area (Å²) in [4.78, 5) is 0. The number of hydrogen-bond donors (Lipinski definition) is 0. The normalized spacial score (nSPS) is 14.9. The van der Waals surface area contributed by atoms with Gasteiger partial charge in [0, 0.05) is 8.41 Å². The number of halogens is 2. The zero-order chi connectivity index (χ0) is 13.1. The third-order valence-electron chi connectivity index (χ3n) is 2.99. The van der Waals surface area contributed by atoms with E-state index < -0.39 is 0 Å². The van der Waals surface area contributed by atoms with Crippen LogP contribution >= 0.6 is 0 Å². The number of rotatable bonds is 4. The second kappa shape index (κ2) is 11.5. The summed E-state index contributed by atoms with van der Waals surface area (Å²) in [5.74, 6) is 0. The smallest absolute Gasteiger partial charge is 1.00 e. The molecule has 1 nitrogen and oxygen atoms in total. The van der Waals surface area contributed by atoms with E-state index in [4.69, 9.17) is 5.32 Å². The molecule has 0 aromatic carbocycles. The maximum absolute atomic E-state index is 4.90. The molecular weight excluding hydrogens is 384 g/mol. The van der Waals surface area contributed by atoms with E-state index >= 15 is 0 Å². The quantitative estimate of drug-likeness (QED) is 0.486. The van der Waals surface area contributed by atoms with Gasteiger partial charge < -0.3 is 30.1 Å². The second-order valence-corrected chi connectivity index (χ2v) is 8.99. The standard InChI is InChI=1S/C15H26NSi.2ClH.Zr/c1-12(16-13-9-7-8-10-13)14(17(5)6)11-15(2,3)4;;;/h7-10,12-13H,11H2,1-6H3;2*1H;/q-1;;;+3/p-2. The van der Waals surface area contributed by atoms with E-state index in [2.05, 4.69) is 65.1 Å². The van der Waals surface area contributed by atoms with Crippen molar-refractivity contribution >= 4 is 13.6 Å². The number of allylic oxidation sites excluding steroid dienone is 2. The molecule has 5 heteroatoms. The molecule has 0 aromatic heterocycles. The molecule has 1 rings (SSSR count). The van der Waals surface area contributed by atoms with Gasteiger partial charge in [0.1, 0.15) is 0 Å². The molecule has 0 aromatic rings. The molecule has 1 aliphatic carbocycles. The van der Waals surface area contributed by atoms with E-state index in [-0.39, 0.29) is 59.4 Å². The molecule has 1 unspecified atom stereocenters. The second-order valence-electron chi connectivity index (χ2n) is 6.35. The Morgan fingerprint density at radius 3 is 1.95 bits per heavy atom. The van der Waals surface area contributed by atoms with Crippen molar-refractivity contribution in [3.05, 3.63) is 29.6 Å². The molecule has 0 N–H and O–H groups in total. The first kappa shape index (κ1) is 25.9. The zero-order valence-electron chi connectivity index (χ0n) is 13.4. The maximum atomic E-state index is 4.90. The van der Waals surface area contributed by atoms with Crippen molar-refractivity contribution in [2.45, 2.75) is 59.3 Å². The molecule has 0 aliphatic heterocycles. The minimum atomic E-state index is -0.371. The minimum absolute atomic E-state index is 0. The van der Waals surface area contributed by atoms with Crippen LogP contribution in [0.25, 0.3) is 5.32 Å². The molecule has 1 radical (unpaired) electrons. The summed E-state index contributed by atoms with van der Waals surface area (Å²) >= 11 is 0. The topological polar surface area (TPSA) is 14.1 Å². The first-order chi connectivity index (χ1) is 7.79. The van der Waals surface area contributed by atoms with Crippen molar-refractivity contribution in [1.29, 1.82) is 0 Å². The molecule has 0 saturated heterocycles. The van der Waals surface area contributed by atoms with Crippen molar-refractivity contribution in [1.82, 2.24) is 0 Å². The Kier molecular flexibility index (Phi) is 15.0. The molecule has 0 bridgehead atoms. The third kappa shape index (κ3) is 9.84. The van der Waals surface area contributed by atoms with E-state index in [0.29, 0.717) is 17.5 Å². The Morgan fingerprint density at radius 1 is 1.15 bits per heavy atom. The van der Waals surface area contributed by atoms with Crippen LogP contribution in [-0.4, -0.2) is 25.7 Å². The molecule has 0 fully saturated rings. The summed E-state index contributed by atoms with van der Waals surface area (Å²) in [7, 11) is -0.371. The van der Waals surface area contributed by atoms with Crippen LogP contribution in [-0.2, 0) is 26.2 Å². The average molecular weight is 411 g/mol. The first-order valence-corrected chi connectivity index (χ1v) is 9.01. The van der Waals surface area contributed by atoms with Crippen molar-refractivity contribution in [2.24, 2.45) is 5.41 Å². The molecule has 0 heterocycles. The van der Waals surface area contributed by atoms with Crippen molar-refractivity contribution in [3.8, 4) is 0 Å². The molecule has 0 spiro atoms. The predicted octanol–water partition coefficient (Wildman–Crippen LogP) is -1.81. The summed E-state index contributed by atoms with van der Waals surface area (Å²) in [6.07, 6.45) is 9.73. The number of nitrogens with zero attached hydrogens (tertiary/aromatic N) is 1. The van der Waals surface area contributed by atoms with Gasteiger partial charge in [0.15, 0.2) is 0 Å². The van der Waals surface area contributed by atoms with E-state index in [1.54, 1.807) is 5.17 Å². The van der Waals surface area contributed by atoms with Crippen molar-refractivity contribution in [3.63, 3.8) is 0 Å². The van der Waals surface area contributed by atoms with Crippen LogP contribution < -0.4 is 24.8 Å². The molecule has 0 amide bonds. The van der Waals surface area contributed by atoms with E-state index in [1.807, 2.05) is 0 Å². The monoisotopic (exact) mass is 408 g/mol. The van der Waals surface area contributed by atoms with Crippen LogP contribution in [0.15, 0.2) is 24.3 Å². The van der Waals surface area contributed by atoms with Gasteiger partial charge in [0.25, 0.3) is 0 Å². The fourth-order valence-corrected chi connectivity index (χ4v) is 3.98. The van der Waals surface area contributed by atoms with E-state index in [1.165, 1.54) is 6.42 Å². The van der Waals surface area contributed by atoms with Gasteiger partial charge in [-0.25, -0.2) is 0 Å². The van der Waals surface area contributed by atoms with Gasteiger partial charge in [0.2, 0.25) is 0 Å². The average Bonchev–Trinajstić information content (AvgIpc) is 2.64. The SMILES string of the molecule is CC([N-]C1C=CC=C1)C(CC(C)(C)C)=[Si](C)C.[Cl-].[Cl-].[Zr+3]. The van der Waals surface area contributed by atoms with E-state index in [9.17, 15) is 0 Å². The minimum Gasteiger partial charge on any atom is -1.00 e. The summed E-state index contributed by atoms with van der Waals surface area (Å²) in [5.41, 5.74) is 0.377. The summed E-state index contributed by atoms with van der Waals surface area (Å²) in [6, 6.07) is 0.705. The largest absolute Gasteiger partial charge is 3.00 e. The maximum Gasteiger partial charge on any atom is 3.00 e. The van der Waals surface area contributed by atoms with E-state index in [0.717, 1.165) is 0 Å². The molecule has 0 saturated carbocycles. The van der Waals surface area contributed by atoms with Gasteiger partial charge in [-0.1, -0.05) is 71.1 Å². The van der Waals surface area contributed by atoms with Crippen molar-refractivity contribution in [2.75, 3.05) is 0 Å². The van der Waals surface area contributed by atoms with Gasteiger partial charge >= 0.3 is 26.2 Å². The Morgan fingerprint density at radius 2 is 1.60 bits per heavy atom. The Hall–Kier alpha value is 0.990. The van der Waals surface area contributed by atoms with Crippen molar-refractivity contribution < 1.29 is 51.0 Å².